The van der Waals surface area contributed by atoms with Crippen molar-refractivity contribution in [3.8, 4) is 11.1 Å². The molecule has 2 atom stereocenters. The molecule has 220 valence electrons. The van der Waals surface area contributed by atoms with Gasteiger partial charge in [-0.25, -0.2) is 14.4 Å². The Labute approximate surface area is 236 Å². The third-order valence-corrected chi connectivity index (χ3v) is 6.88. The number of aryl methyl sites for hydroxylation is 2. The highest BCUT2D eigenvalue weighted by Crippen LogP contribution is 2.28. The molecule has 0 spiro atoms. The number of carbonyl (C=O) groups is 3. The minimum atomic E-state index is -4.51. The summed E-state index contributed by atoms with van der Waals surface area (Å²) in [6.07, 6.45) is -1.86. The Hall–Kier alpha value is -4.69. The number of fused-ring (bicyclic) bond motifs is 1. The third-order valence-electron chi connectivity index (χ3n) is 6.88. The van der Waals surface area contributed by atoms with Crippen LogP contribution in [0.4, 0.5) is 23.4 Å². The second kappa shape index (κ2) is 10.9. The molecule has 5 rings (SSSR count). The first-order valence-electron chi connectivity index (χ1n) is 12.9. The molecular weight excluding hydrogens is 560 g/mol. The largest absolute Gasteiger partial charge is 0.408 e. The maximum atomic E-state index is 14.5. The average molecular weight is 587 g/mol. The van der Waals surface area contributed by atoms with E-state index in [1.165, 1.54) is 18.5 Å². The van der Waals surface area contributed by atoms with Crippen LogP contribution in [0.1, 0.15) is 35.2 Å². The molecule has 1 N–H and O–H groups in total. The first-order chi connectivity index (χ1) is 19.8. The summed E-state index contributed by atoms with van der Waals surface area (Å²) in [7, 11) is 0. The maximum absolute atomic E-state index is 14.5. The SMILES string of the molecule is CC(=O)c1nn(CC(=O)N2CC(F)CC2C(=O)Nc2nn(CC(F)(F)F)cc2C)c2ccc(-c3cnc(C)nc3)cc12. The number of rotatable bonds is 7. The number of nitrogens with zero attached hydrogens (tertiary/aromatic N) is 7. The van der Waals surface area contributed by atoms with Gasteiger partial charge in [0.15, 0.2) is 11.6 Å². The number of carbonyl (C=O) groups excluding carboxylic acids is 3. The van der Waals surface area contributed by atoms with Crippen LogP contribution in [0.3, 0.4) is 0 Å². The van der Waals surface area contributed by atoms with Crippen molar-refractivity contribution in [1.29, 1.82) is 0 Å². The van der Waals surface area contributed by atoms with Gasteiger partial charge in [-0.3, -0.25) is 23.7 Å². The number of ketones is 1. The van der Waals surface area contributed by atoms with E-state index in [-0.39, 0.29) is 42.4 Å². The summed E-state index contributed by atoms with van der Waals surface area (Å²) >= 11 is 0. The molecule has 15 heteroatoms. The highest BCUT2D eigenvalue weighted by molar-refractivity contribution is 6.06. The van der Waals surface area contributed by atoms with Crippen molar-refractivity contribution in [1.82, 2.24) is 34.4 Å². The average Bonchev–Trinajstić information content (AvgIpc) is 3.58. The van der Waals surface area contributed by atoms with Crippen molar-refractivity contribution in [2.24, 2.45) is 0 Å². The van der Waals surface area contributed by atoms with E-state index in [1.807, 2.05) is 0 Å². The summed E-state index contributed by atoms with van der Waals surface area (Å²) in [4.78, 5) is 48.3. The molecule has 1 aromatic carbocycles. The Morgan fingerprint density at radius 2 is 1.79 bits per heavy atom. The van der Waals surface area contributed by atoms with E-state index >= 15 is 0 Å². The van der Waals surface area contributed by atoms with Gasteiger partial charge >= 0.3 is 6.18 Å². The molecular formula is C27H26F4N8O3. The predicted octanol–water partition coefficient (Wildman–Crippen LogP) is 3.65. The van der Waals surface area contributed by atoms with Gasteiger partial charge < -0.3 is 10.2 Å². The fraction of sp³-hybridized carbons (Fsp3) is 0.370. The molecule has 4 aromatic rings. The van der Waals surface area contributed by atoms with Gasteiger partial charge in [-0.15, -0.1) is 0 Å². The predicted molar refractivity (Wildman–Crippen MR) is 142 cm³/mol. The number of nitrogens with one attached hydrogen (secondary N) is 1. The molecule has 11 nitrogen and oxygen atoms in total. The van der Waals surface area contributed by atoms with E-state index in [0.29, 0.717) is 21.4 Å². The normalized spacial score (nSPS) is 17.2. The van der Waals surface area contributed by atoms with E-state index < -0.39 is 36.7 Å². The minimum Gasteiger partial charge on any atom is -0.326 e. The minimum absolute atomic E-state index is 0.113. The molecule has 4 heterocycles. The molecule has 1 aliphatic heterocycles. The van der Waals surface area contributed by atoms with Gasteiger partial charge in [0, 0.05) is 48.4 Å². The van der Waals surface area contributed by atoms with Crippen LogP contribution >= 0.6 is 0 Å². The highest BCUT2D eigenvalue weighted by atomic mass is 19.4. The molecule has 0 saturated carbocycles. The zero-order valence-electron chi connectivity index (χ0n) is 22.8. The van der Waals surface area contributed by atoms with Crippen LogP contribution < -0.4 is 5.32 Å². The van der Waals surface area contributed by atoms with Gasteiger partial charge in [-0.05, 0) is 31.5 Å². The number of aromatic nitrogens is 6. The number of alkyl halides is 4. The third kappa shape index (κ3) is 5.99. The van der Waals surface area contributed by atoms with Crippen molar-refractivity contribution in [2.45, 2.75) is 58.7 Å². The van der Waals surface area contributed by atoms with Crippen molar-refractivity contribution in [3.05, 3.63) is 53.9 Å². The van der Waals surface area contributed by atoms with Crippen LogP contribution in [-0.2, 0) is 22.7 Å². The van der Waals surface area contributed by atoms with Gasteiger partial charge in [-0.1, -0.05) is 6.07 Å². The molecule has 42 heavy (non-hydrogen) atoms. The fourth-order valence-corrected chi connectivity index (χ4v) is 4.92. The summed E-state index contributed by atoms with van der Waals surface area (Å²) in [5.74, 6) is -1.23. The van der Waals surface area contributed by atoms with Crippen molar-refractivity contribution >= 4 is 34.3 Å². The lowest BCUT2D eigenvalue weighted by molar-refractivity contribution is -0.142. The Morgan fingerprint density at radius 1 is 1.07 bits per heavy atom. The van der Waals surface area contributed by atoms with Crippen molar-refractivity contribution in [3.63, 3.8) is 0 Å². The van der Waals surface area contributed by atoms with Gasteiger partial charge in [-0.2, -0.15) is 23.4 Å². The lowest BCUT2D eigenvalue weighted by atomic mass is 10.0. The monoisotopic (exact) mass is 586 g/mol. The summed E-state index contributed by atoms with van der Waals surface area (Å²) in [5, 5.41) is 11.0. The molecule has 0 bridgehead atoms. The van der Waals surface area contributed by atoms with E-state index in [0.717, 1.165) is 22.2 Å². The molecule has 0 aliphatic carbocycles. The van der Waals surface area contributed by atoms with Gasteiger partial charge in [0.25, 0.3) is 0 Å². The molecule has 1 fully saturated rings. The first-order valence-corrected chi connectivity index (χ1v) is 12.9. The smallest absolute Gasteiger partial charge is 0.326 e. The number of hydrogen-bond donors (Lipinski definition) is 1. The van der Waals surface area contributed by atoms with Crippen molar-refractivity contribution < 1.29 is 31.9 Å². The van der Waals surface area contributed by atoms with Gasteiger partial charge in [0.2, 0.25) is 11.8 Å². The summed E-state index contributed by atoms with van der Waals surface area (Å²) in [6, 6.07) is 4.00. The quantitative estimate of drug-likeness (QED) is 0.259. The zero-order valence-corrected chi connectivity index (χ0v) is 22.8. The van der Waals surface area contributed by atoms with E-state index in [1.54, 1.807) is 37.5 Å². The van der Waals surface area contributed by atoms with Crippen LogP contribution in [-0.4, -0.2) is 77.0 Å². The molecule has 2 amide bonds. The number of Topliss-reactive ketones (excluding diaryl/α,β-unsaturated/α-hetero) is 1. The Bertz CT molecular complexity index is 1680. The number of anilines is 1. The second-order valence-electron chi connectivity index (χ2n) is 10.2. The fourth-order valence-electron chi connectivity index (χ4n) is 4.92. The van der Waals surface area contributed by atoms with Crippen molar-refractivity contribution in [2.75, 3.05) is 11.9 Å². The maximum Gasteiger partial charge on any atom is 0.408 e. The molecule has 2 unspecified atom stereocenters. The van der Waals surface area contributed by atoms with E-state index in [9.17, 15) is 31.9 Å². The lowest BCUT2D eigenvalue weighted by Gasteiger charge is -2.23. The van der Waals surface area contributed by atoms with Crippen LogP contribution in [0.15, 0.2) is 36.8 Å². The summed E-state index contributed by atoms with van der Waals surface area (Å²) in [6.45, 7) is 2.50. The van der Waals surface area contributed by atoms with Crippen LogP contribution in [0.2, 0.25) is 0 Å². The van der Waals surface area contributed by atoms with E-state index in [2.05, 4.69) is 25.5 Å². The van der Waals surface area contributed by atoms with Crippen LogP contribution in [0.5, 0.6) is 0 Å². The number of benzene rings is 1. The molecule has 3 aromatic heterocycles. The Morgan fingerprint density at radius 3 is 2.45 bits per heavy atom. The number of amides is 2. The topological polar surface area (TPSA) is 128 Å². The Balaban J connectivity index is 1.37. The van der Waals surface area contributed by atoms with Crippen LogP contribution in [0, 0.1) is 13.8 Å². The summed E-state index contributed by atoms with van der Waals surface area (Å²) < 4.78 is 54.7. The standard InChI is InChI=1S/C27H26F4N8O3/c1-14-10-37(13-27(29,30)31)36-25(14)34-26(42)22-7-19(28)11-38(22)23(41)12-39-21-5-4-17(18-8-32-16(3)33-9-18)6-20(21)24(35-39)15(2)40/h4-6,8-10,19,22H,7,11-13H2,1-3H3,(H,34,36,42). The summed E-state index contributed by atoms with van der Waals surface area (Å²) in [5.41, 5.74) is 2.35. The lowest BCUT2D eigenvalue weighted by Crippen LogP contribution is -2.44. The molecule has 1 aliphatic rings. The number of hydrogen-bond acceptors (Lipinski definition) is 7. The van der Waals surface area contributed by atoms with Gasteiger partial charge in [0.1, 0.15) is 36.8 Å². The highest BCUT2D eigenvalue weighted by Gasteiger charge is 2.40. The number of halogens is 4. The van der Waals surface area contributed by atoms with E-state index in [4.69, 9.17) is 0 Å². The number of likely N-dealkylation sites (tertiary alicyclic amines) is 1. The first kappa shape index (κ1) is 28.8. The molecule has 0 radical (unpaired) electrons. The molecule has 1 saturated heterocycles. The van der Waals surface area contributed by atoms with Crippen LogP contribution in [0.25, 0.3) is 22.0 Å². The zero-order chi connectivity index (χ0) is 30.3. The van der Waals surface area contributed by atoms with Gasteiger partial charge in [0.05, 0.1) is 12.1 Å². The Kier molecular flexibility index (Phi) is 7.51. The second-order valence-corrected chi connectivity index (χ2v) is 10.2.